The van der Waals surface area contributed by atoms with Gasteiger partial charge in [-0.3, -0.25) is 13.9 Å². The molecule has 0 aliphatic heterocycles. The molecule has 0 bridgehead atoms. The molecule has 0 spiro atoms. The maximum atomic E-state index is 14.0. The molecule has 0 fully saturated rings. The Morgan fingerprint density at radius 2 is 1.56 bits per heavy atom. The maximum Gasteiger partial charge on any atom is 0.264 e. The highest BCUT2D eigenvalue weighted by atomic mass is 35.5. The summed E-state index contributed by atoms with van der Waals surface area (Å²) in [6.45, 7) is 7.03. The van der Waals surface area contributed by atoms with Crippen LogP contribution in [0, 0.1) is 5.82 Å². The van der Waals surface area contributed by atoms with Gasteiger partial charge in [0.15, 0.2) is 0 Å². The van der Waals surface area contributed by atoms with Gasteiger partial charge in [-0.2, -0.15) is 0 Å². The van der Waals surface area contributed by atoms with Gasteiger partial charge in [-0.1, -0.05) is 30.7 Å². The predicted octanol–water partition coefficient (Wildman–Crippen LogP) is 5.41. The molecule has 0 radical (unpaired) electrons. The van der Waals surface area contributed by atoms with Crippen molar-refractivity contribution in [2.75, 3.05) is 17.5 Å². The largest absolute Gasteiger partial charge is 0.494 e. The zero-order valence-electron chi connectivity index (χ0n) is 23.5. The van der Waals surface area contributed by atoms with Gasteiger partial charge in [-0.05, 0) is 93.4 Å². The number of anilines is 1. The summed E-state index contributed by atoms with van der Waals surface area (Å²) >= 11 is 5.99. The lowest BCUT2D eigenvalue weighted by Crippen LogP contribution is -2.53. The molecule has 1 atom stereocenters. The first-order valence-electron chi connectivity index (χ1n) is 13.3. The Hall–Kier alpha value is -3.63. The molecule has 0 aliphatic rings. The number of halogens is 2. The van der Waals surface area contributed by atoms with Gasteiger partial charge in [0.05, 0.1) is 17.2 Å². The van der Waals surface area contributed by atoms with Crippen LogP contribution >= 0.6 is 11.6 Å². The van der Waals surface area contributed by atoms with Crippen LogP contribution in [0.25, 0.3) is 0 Å². The minimum Gasteiger partial charge on any atom is -0.494 e. The van der Waals surface area contributed by atoms with Gasteiger partial charge in [-0.25, -0.2) is 12.8 Å². The fraction of sp³-hybridized carbons (Fsp3) is 0.333. The van der Waals surface area contributed by atoms with Crippen molar-refractivity contribution in [2.24, 2.45) is 0 Å². The summed E-state index contributed by atoms with van der Waals surface area (Å²) in [6, 6.07) is 16.5. The van der Waals surface area contributed by atoms with Crippen molar-refractivity contribution >= 4 is 39.1 Å². The number of rotatable bonds is 13. The molecule has 0 unspecified atom stereocenters. The van der Waals surface area contributed by atoms with E-state index < -0.39 is 34.3 Å². The highest BCUT2D eigenvalue weighted by molar-refractivity contribution is 7.92. The molecule has 0 saturated heterocycles. The van der Waals surface area contributed by atoms with Crippen LogP contribution in [0.5, 0.6) is 5.75 Å². The summed E-state index contributed by atoms with van der Waals surface area (Å²) in [5.74, 6) is -0.870. The summed E-state index contributed by atoms with van der Waals surface area (Å²) in [6.07, 6.45) is 0.276. The Morgan fingerprint density at radius 3 is 2.10 bits per heavy atom. The van der Waals surface area contributed by atoms with Crippen molar-refractivity contribution in [3.8, 4) is 5.75 Å². The fourth-order valence-electron chi connectivity index (χ4n) is 4.22. The van der Waals surface area contributed by atoms with E-state index in [4.69, 9.17) is 16.3 Å². The number of carbonyl (C=O) groups is 2. The summed E-state index contributed by atoms with van der Waals surface area (Å²) < 4.78 is 47.9. The van der Waals surface area contributed by atoms with E-state index in [1.165, 1.54) is 53.4 Å². The van der Waals surface area contributed by atoms with Crippen LogP contribution in [0.4, 0.5) is 10.1 Å². The molecule has 41 heavy (non-hydrogen) atoms. The van der Waals surface area contributed by atoms with Crippen molar-refractivity contribution in [1.82, 2.24) is 10.2 Å². The zero-order chi connectivity index (χ0) is 30.2. The maximum absolute atomic E-state index is 14.0. The van der Waals surface area contributed by atoms with Crippen molar-refractivity contribution in [2.45, 2.75) is 57.6 Å². The average Bonchev–Trinajstić information content (AvgIpc) is 2.93. The van der Waals surface area contributed by atoms with E-state index in [0.29, 0.717) is 22.9 Å². The molecule has 3 rings (SSSR count). The smallest absolute Gasteiger partial charge is 0.264 e. The highest BCUT2D eigenvalue weighted by Gasteiger charge is 2.34. The summed E-state index contributed by atoms with van der Waals surface area (Å²) in [7, 11) is -4.24. The molecule has 8 nitrogen and oxygen atoms in total. The van der Waals surface area contributed by atoms with E-state index >= 15 is 0 Å². The molecule has 0 saturated carbocycles. The third-order valence-corrected chi connectivity index (χ3v) is 8.24. The number of sulfonamides is 1. The zero-order valence-corrected chi connectivity index (χ0v) is 25.1. The number of benzene rings is 3. The minimum atomic E-state index is -4.24. The molecule has 0 aromatic heterocycles. The molecule has 2 amide bonds. The Morgan fingerprint density at radius 1 is 0.951 bits per heavy atom. The van der Waals surface area contributed by atoms with Crippen molar-refractivity contribution in [1.29, 1.82) is 0 Å². The second-order valence-corrected chi connectivity index (χ2v) is 11.9. The van der Waals surface area contributed by atoms with Gasteiger partial charge in [0.2, 0.25) is 11.8 Å². The van der Waals surface area contributed by atoms with Gasteiger partial charge in [0.1, 0.15) is 24.2 Å². The number of nitrogens with zero attached hydrogens (tertiary/aromatic N) is 2. The van der Waals surface area contributed by atoms with Crippen LogP contribution in [-0.4, -0.2) is 50.4 Å². The Kier molecular flexibility index (Phi) is 11.1. The minimum absolute atomic E-state index is 0.0265. The molecule has 3 aromatic rings. The second kappa shape index (κ2) is 14.3. The molecule has 11 heteroatoms. The quantitative estimate of drug-likeness (QED) is 0.282. The van der Waals surface area contributed by atoms with E-state index in [1.54, 1.807) is 31.2 Å². The first-order valence-corrected chi connectivity index (χ1v) is 15.1. The van der Waals surface area contributed by atoms with Crippen molar-refractivity contribution in [3.05, 3.63) is 89.2 Å². The SMILES string of the molecule is CCOc1ccc(N(CC(=O)N(Cc2ccc(F)cc2)[C@@H](CC)C(=O)NC(C)C)S(=O)(=O)c2ccc(Cl)cc2)cc1. The van der Waals surface area contributed by atoms with Crippen LogP contribution in [0.3, 0.4) is 0 Å². The Balaban J connectivity index is 2.06. The van der Waals surface area contributed by atoms with Gasteiger partial charge >= 0.3 is 0 Å². The highest BCUT2D eigenvalue weighted by Crippen LogP contribution is 2.27. The van der Waals surface area contributed by atoms with Crippen molar-refractivity contribution in [3.63, 3.8) is 0 Å². The van der Waals surface area contributed by atoms with Crippen LogP contribution in [0.15, 0.2) is 77.7 Å². The van der Waals surface area contributed by atoms with Gasteiger partial charge in [0, 0.05) is 17.6 Å². The monoisotopic (exact) mass is 603 g/mol. The summed E-state index contributed by atoms with van der Waals surface area (Å²) in [5.41, 5.74) is 0.821. The molecular weight excluding hydrogens is 569 g/mol. The second-order valence-electron chi connectivity index (χ2n) is 9.63. The van der Waals surface area contributed by atoms with Crippen LogP contribution in [0.2, 0.25) is 5.02 Å². The standard InChI is InChI=1S/C30H35ClFN3O5S/c1-5-28(30(37)33-21(3)4)34(19-22-7-11-24(32)12-8-22)29(36)20-35(25-13-15-26(16-14-25)40-6-2)41(38,39)27-17-9-23(31)10-18-27/h7-18,21,28H,5-6,19-20H2,1-4H3,(H,33,37)/t28-/m0/s1. The van der Waals surface area contributed by atoms with E-state index in [2.05, 4.69) is 5.32 Å². The van der Waals surface area contributed by atoms with E-state index in [9.17, 15) is 22.4 Å². The summed E-state index contributed by atoms with van der Waals surface area (Å²) in [5, 5.41) is 3.20. The van der Waals surface area contributed by atoms with Crippen LogP contribution < -0.4 is 14.4 Å². The van der Waals surface area contributed by atoms with E-state index in [0.717, 1.165) is 4.31 Å². The number of nitrogens with one attached hydrogen (secondary N) is 1. The van der Waals surface area contributed by atoms with Crippen LogP contribution in [0.1, 0.15) is 39.7 Å². The lowest BCUT2D eigenvalue weighted by molar-refractivity contribution is -0.140. The fourth-order valence-corrected chi connectivity index (χ4v) is 5.76. The third-order valence-electron chi connectivity index (χ3n) is 6.20. The van der Waals surface area contributed by atoms with Crippen LogP contribution in [-0.2, 0) is 26.2 Å². The number of ether oxygens (including phenoxy) is 1. The predicted molar refractivity (Wildman–Crippen MR) is 158 cm³/mol. The molecule has 3 aromatic carbocycles. The van der Waals surface area contributed by atoms with E-state index in [1.807, 2.05) is 20.8 Å². The average molecular weight is 604 g/mol. The Labute approximate surface area is 246 Å². The lowest BCUT2D eigenvalue weighted by Gasteiger charge is -2.33. The number of hydrogen-bond donors (Lipinski definition) is 1. The summed E-state index contributed by atoms with van der Waals surface area (Å²) in [4.78, 5) is 28.4. The van der Waals surface area contributed by atoms with E-state index in [-0.39, 0.29) is 35.5 Å². The van der Waals surface area contributed by atoms with Crippen molar-refractivity contribution < 1.29 is 27.1 Å². The molecule has 1 N–H and O–H groups in total. The first kappa shape index (κ1) is 31.9. The molecule has 0 heterocycles. The van der Waals surface area contributed by atoms with Gasteiger partial charge in [0.25, 0.3) is 10.0 Å². The van der Waals surface area contributed by atoms with Gasteiger partial charge < -0.3 is 15.0 Å². The number of hydrogen-bond acceptors (Lipinski definition) is 5. The molecule has 0 aliphatic carbocycles. The lowest BCUT2D eigenvalue weighted by atomic mass is 10.1. The topological polar surface area (TPSA) is 96.0 Å². The molecular formula is C30H35ClFN3O5S. The third kappa shape index (κ3) is 8.43. The van der Waals surface area contributed by atoms with Gasteiger partial charge in [-0.15, -0.1) is 0 Å². The number of amides is 2. The molecule has 220 valence electrons. The normalized spacial score (nSPS) is 12.1. The Bertz CT molecular complexity index is 1420. The first-order chi connectivity index (χ1) is 19.5. The number of carbonyl (C=O) groups excluding carboxylic acids is 2.